The molecule has 0 aliphatic heterocycles. The van der Waals surface area contributed by atoms with Gasteiger partial charge in [0, 0.05) is 18.5 Å². The second kappa shape index (κ2) is 9.57. The minimum Gasteiger partial charge on any atom is -0.301 e. The highest BCUT2D eigenvalue weighted by atomic mass is 32.2. The number of nitrogens with zero attached hydrogens (tertiary/aromatic N) is 3. The fraction of sp³-hybridized carbons (Fsp3) is 0.318. The van der Waals surface area contributed by atoms with Gasteiger partial charge in [0.1, 0.15) is 5.01 Å². The molecule has 0 aliphatic rings. The number of aryl methyl sites for hydroxylation is 3. The van der Waals surface area contributed by atoms with E-state index in [9.17, 15) is 13.2 Å². The Balaban J connectivity index is 1.58. The van der Waals surface area contributed by atoms with E-state index in [2.05, 4.69) is 15.5 Å². The molecular formula is C22H26N4O3S2. The Morgan fingerprint density at radius 1 is 1.03 bits per heavy atom. The van der Waals surface area contributed by atoms with Crippen molar-refractivity contribution >= 4 is 38.1 Å². The highest BCUT2D eigenvalue weighted by molar-refractivity contribution is 7.92. The average Bonchev–Trinajstić information content (AvgIpc) is 3.15. The highest BCUT2D eigenvalue weighted by Crippen LogP contribution is 2.27. The zero-order valence-electron chi connectivity index (χ0n) is 18.0. The molecule has 164 valence electrons. The molecule has 2 aromatic carbocycles. The van der Waals surface area contributed by atoms with Crippen molar-refractivity contribution in [2.75, 3.05) is 22.4 Å². The average molecular weight is 459 g/mol. The van der Waals surface area contributed by atoms with Gasteiger partial charge in [0.15, 0.2) is 0 Å². The van der Waals surface area contributed by atoms with Gasteiger partial charge in [-0.2, -0.15) is 0 Å². The van der Waals surface area contributed by atoms with E-state index in [1.54, 1.807) is 6.07 Å². The Morgan fingerprint density at radius 2 is 1.74 bits per heavy atom. The number of hydrogen-bond donors (Lipinski definition) is 1. The number of anilines is 2. The third-order valence-electron chi connectivity index (χ3n) is 4.91. The van der Waals surface area contributed by atoms with E-state index in [1.165, 1.54) is 21.9 Å². The van der Waals surface area contributed by atoms with Crippen molar-refractivity contribution in [1.82, 2.24) is 10.2 Å². The third kappa shape index (κ3) is 6.11. The van der Waals surface area contributed by atoms with Crippen molar-refractivity contribution in [3.05, 3.63) is 59.2 Å². The van der Waals surface area contributed by atoms with Crippen molar-refractivity contribution in [2.45, 2.75) is 33.6 Å². The Bertz CT molecular complexity index is 1170. The fourth-order valence-corrected chi connectivity index (χ4v) is 4.74. The first kappa shape index (κ1) is 22.9. The summed E-state index contributed by atoms with van der Waals surface area (Å²) >= 11 is 1.30. The Kier molecular flexibility index (Phi) is 7.07. The van der Waals surface area contributed by atoms with Crippen LogP contribution in [0.2, 0.25) is 0 Å². The van der Waals surface area contributed by atoms with Crippen LogP contribution in [0.25, 0.3) is 10.6 Å². The summed E-state index contributed by atoms with van der Waals surface area (Å²) < 4.78 is 25.9. The smallest absolute Gasteiger partial charge is 0.232 e. The molecule has 0 fully saturated rings. The maximum Gasteiger partial charge on any atom is 0.232 e. The molecule has 9 heteroatoms. The molecule has 0 saturated heterocycles. The number of aromatic nitrogens is 2. The third-order valence-corrected chi connectivity index (χ3v) is 7.00. The molecule has 0 atom stereocenters. The molecule has 0 aliphatic carbocycles. The van der Waals surface area contributed by atoms with Gasteiger partial charge in [-0.25, -0.2) is 8.42 Å². The van der Waals surface area contributed by atoms with Crippen molar-refractivity contribution in [3.8, 4) is 10.6 Å². The minimum atomic E-state index is -3.45. The molecule has 0 unspecified atom stereocenters. The van der Waals surface area contributed by atoms with Gasteiger partial charge >= 0.3 is 0 Å². The number of amides is 1. The van der Waals surface area contributed by atoms with E-state index in [1.807, 2.05) is 57.2 Å². The highest BCUT2D eigenvalue weighted by Gasteiger charge is 2.18. The predicted molar refractivity (Wildman–Crippen MR) is 126 cm³/mol. The molecule has 0 radical (unpaired) electrons. The summed E-state index contributed by atoms with van der Waals surface area (Å²) in [6.07, 6.45) is 1.74. The summed E-state index contributed by atoms with van der Waals surface area (Å²) in [4.78, 5) is 12.3. The maximum atomic E-state index is 12.3. The number of sulfonamides is 1. The molecule has 1 N–H and O–H groups in total. The van der Waals surface area contributed by atoms with Crippen LogP contribution in [0, 0.1) is 20.8 Å². The number of rotatable bonds is 8. The zero-order valence-corrected chi connectivity index (χ0v) is 19.7. The van der Waals surface area contributed by atoms with E-state index in [0.717, 1.165) is 27.3 Å². The van der Waals surface area contributed by atoms with Gasteiger partial charge in [0.25, 0.3) is 0 Å². The van der Waals surface area contributed by atoms with Crippen LogP contribution in [0.1, 0.15) is 29.5 Å². The van der Waals surface area contributed by atoms with Gasteiger partial charge < -0.3 is 5.32 Å². The molecule has 7 nitrogen and oxygen atoms in total. The normalized spacial score (nSPS) is 11.4. The van der Waals surface area contributed by atoms with Gasteiger partial charge in [-0.1, -0.05) is 47.2 Å². The summed E-state index contributed by atoms with van der Waals surface area (Å²) in [7, 11) is -3.45. The predicted octanol–water partition coefficient (Wildman–Crippen LogP) is 4.32. The summed E-state index contributed by atoms with van der Waals surface area (Å²) in [5.74, 6) is -0.222. The fourth-order valence-electron chi connectivity index (χ4n) is 3.02. The molecule has 0 bridgehead atoms. The monoisotopic (exact) mass is 458 g/mol. The lowest BCUT2D eigenvalue weighted by molar-refractivity contribution is -0.116. The van der Waals surface area contributed by atoms with Crippen LogP contribution in [0.4, 0.5) is 10.8 Å². The van der Waals surface area contributed by atoms with E-state index in [4.69, 9.17) is 0 Å². The SMILES string of the molecule is Cc1ccc(-c2nnc(NC(=O)CCCN(c3ccc(C)c(C)c3)S(C)(=O)=O)s2)cc1. The first-order valence-electron chi connectivity index (χ1n) is 9.89. The quantitative estimate of drug-likeness (QED) is 0.543. The molecular weight excluding hydrogens is 432 g/mol. The first-order valence-corrected chi connectivity index (χ1v) is 12.6. The molecule has 31 heavy (non-hydrogen) atoms. The summed E-state index contributed by atoms with van der Waals surface area (Å²) in [6.45, 7) is 6.16. The van der Waals surface area contributed by atoms with Crippen LogP contribution in [-0.2, 0) is 14.8 Å². The molecule has 1 heterocycles. The Morgan fingerprint density at radius 3 is 2.39 bits per heavy atom. The van der Waals surface area contributed by atoms with Crippen molar-refractivity contribution < 1.29 is 13.2 Å². The van der Waals surface area contributed by atoms with Crippen LogP contribution in [-0.4, -0.2) is 37.3 Å². The van der Waals surface area contributed by atoms with Crippen LogP contribution in [0.5, 0.6) is 0 Å². The zero-order chi connectivity index (χ0) is 22.6. The lowest BCUT2D eigenvalue weighted by atomic mass is 10.1. The van der Waals surface area contributed by atoms with E-state index < -0.39 is 10.0 Å². The standard InChI is InChI=1S/C22H26N4O3S2/c1-15-7-10-18(11-8-15)21-24-25-22(30-21)23-20(27)6-5-13-26(31(4,28)29)19-12-9-16(2)17(3)14-19/h7-12,14H,5-6,13H2,1-4H3,(H,23,25,27). The van der Waals surface area contributed by atoms with Gasteiger partial charge in [-0.3, -0.25) is 9.10 Å². The number of carbonyl (C=O) groups is 1. The molecule has 3 aromatic rings. The van der Waals surface area contributed by atoms with Gasteiger partial charge in [-0.05, 0) is 50.5 Å². The molecule has 0 saturated carbocycles. The van der Waals surface area contributed by atoms with Crippen molar-refractivity contribution in [3.63, 3.8) is 0 Å². The van der Waals surface area contributed by atoms with E-state index >= 15 is 0 Å². The van der Waals surface area contributed by atoms with E-state index in [-0.39, 0.29) is 18.9 Å². The summed E-state index contributed by atoms with van der Waals surface area (Å²) in [5, 5.41) is 12.1. The molecule has 3 rings (SSSR count). The number of carbonyl (C=O) groups excluding carboxylic acids is 1. The van der Waals surface area contributed by atoms with Crippen molar-refractivity contribution in [2.24, 2.45) is 0 Å². The van der Waals surface area contributed by atoms with Gasteiger partial charge in [0.2, 0.25) is 21.1 Å². The van der Waals surface area contributed by atoms with Crippen LogP contribution in [0.3, 0.4) is 0 Å². The van der Waals surface area contributed by atoms with Crippen LogP contribution in [0.15, 0.2) is 42.5 Å². The number of hydrogen-bond acceptors (Lipinski definition) is 6. The summed E-state index contributed by atoms with van der Waals surface area (Å²) in [5.41, 5.74) is 4.83. The minimum absolute atomic E-state index is 0.177. The van der Waals surface area contributed by atoms with Crippen LogP contribution >= 0.6 is 11.3 Å². The van der Waals surface area contributed by atoms with Crippen molar-refractivity contribution in [1.29, 1.82) is 0 Å². The number of nitrogens with one attached hydrogen (secondary N) is 1. The Hall–Kier alpha value is -2.78. The van der Waals surface area contributed by atoms with Crippen LogP contribution < -0.4 is 9.62 Å². The second-order valence-corrected chi connectivity index (χ2v) is 10.4. The lowest BCUT2D eigenvalue weighted by Gasteiger charge is -2.23. The summed E-state index contributed by atoms with van der Waals surface area (Å²) in [6, 6.07) is 13.5. The topological polar surface area (TPSA) is 92.3 Å². The maximum absolute atomic E-state index is 12.3. The van der Waals surface area contributed by atoms with Gasteiger partial charge in [-0.15, -0.1) is 10.2 Å². The number of benzene rings is 2. The largest absolute Gasteiger partial charge is 0.301 e. The molecule has 1 amide bonds. The lowest BCUT2D eigenvalue weighted by Crippen LogP contribution is -2.31. The Labute approximate surface area is 187 Å². The second-order valence-electron chi connectivity index (χ2n) is 7.53. The first-order chi connectivity index (χ1) is 14.6. The van der Waals surface area contributed by atoms with E-state index in [0.29, 0.717) is 17.2 Å². The van der Waals surface area contributed by atoms with Gasteiger partial charge in [0.05, 0.1) is 11.9 Å². The molecule has 1 aromatic heterocycles. The molecule has 0 spiro atoms.